The van der Waals surface area contributed by atoms with Crippen molar-refractivity contribution >= 4 is 17.5 Å². The van der Waals surface area contributed by atoms with Gasteiger partial charge in [0.15, 0.2) is 0 Å². The van der Waals surface area contributed by atoms with Crippen LogP contribution in [0.2, 0.25) is 0 Å². The van der Waals surface area contributed by atoms with Gasteiger partial charge >= 0.3 is 0 Å². The van der Waals surface area contributed by atoms with Crippen LogP contribution in [0.4, 0.5) is 5.69 Å². The predicted octanol–water partition coefficient (Wildman–Crippen LogP) is 2.18. The Morgan fingerprint density at radius 2 is 1.77 bits per heavy atom. The van der Waals surface area contributed by atoms with Crippen molar-refractivity contribution in [3.63, 3.8) is 0 Å². The van der Waals surface area contributed by atoms with E-state index >= 15 is 0 Å². The number of hydrogen-bond donors (Lipinski definition) is 2. The molecule has 0 radical (unpaired) electrons. The molecule has 0 aliphatic carbocycles. The third kappa shape index (κ3) is 5.39. The molecule has 5 heteroatoms. The van der Waals surface area contributed by atoms with Crippen LogP contribution in [0.1, 0.15) is 44.0 Å². The first-order valence-electron chi connectivity index (χ1n) is 7.89. The first-order chi connectivity index (χ1) is 10.5. The zero-order valence-corrected chi connectivity index (χ0v) is 14.0. The van der Waals surface area contributed by atoms with Crippen molar-refractivity contribution in [3.8, 4) is 0 Å². The average molecular weight is 305 g/mol. The Labute approximate surface area is 133 Å². The summed E-state index contributed by atoms with van der Waals surface area (Å²) in [5.74, 6) is -0.390. The Hall–Kier alpha value is -2.04. The number of nitrogens with one attached hydrogen (secondary N) is 2. The standard InChI is InChI=1S/C17H27N3O2/c1-5-11-18-16(21)13(3)19-17(22)14-7-9-15(10-8-14)20(4)12-6-2/h7-10,13H,5-6,11-12H2,1-4H3,(H,18,21)(H,19,22)/t13-/m1/s1. The van der Waals surface area contributed by atoms with Gasteiger partial charge in [-0.3, -0.25) is 9.59 Å². The average Bonchev–Trinajstić information content (AvgIpc) is 2.52. The Morgan fingerprint density at radius 1 is 1.14 bits per heavy atom. The van der Waals surface area contributed by atoms with Crippen LogP contribution < -0.4 is 15.5 Å². The molecule has 1 aromatic rings. The lowest BCUT2D eigenvalue weighted by Gasteiger charge is -2.19. The van der Waals surface area contributed by atoms with Gasteiger partial charge in [-0.05, 0) is 44.0 Å². The molecule has 5 nitrogen and oxygen atoms in total. The van der Waals surface area contributed by atoms with E-state index in [1.165, 1.54) is 0 Å². The molecule has 0 aliphatic heterocycles. The molecule has 0 aromatic heterocycles. The van der Waals surface area contributed by atoms with Crippen molar-refractivity contribution < 1.29 is 9.59 Å². The highest BCUT2D eigenvalue weighted by Crippen LogP contribution is 2.14. The summed E-state index contributed by atoms with van der Waals surface area (Å²) < 4.78 is 0. The predicted molar refractivity (Wildman–Crippen MR) is 90.2 cm³/mol. The first kappa shape index (κ1) is 18.0. The number of rotatable bonds is 8. The summed E-state index contributed by atoms with van der Waals surface area (Å²) in [4.78, 5) is 26.0. The van der Waals surface area contributed by atoms with Crippen LogP contribution >= 0.6 is 0 Å². The van der Waals surface area contributed by atoms with E-state index < -0.39 is 6.04 Å². The largest absolute Gasteiger partial charge is 0.375 e. The molecule has 0 heterocycles. The van der Waals surface area contributed by atoms with Crippen molar-refractivity contribution in [2.75, 3.05) is 25.0 Å². The maximum atomic E-state index is 12.1. The molecule has 1 atom stereocenters. The lowest BCUT2D eigenvalue weighted by atomic mass is 10.1. The summed E-state index contributed by atoms with van der Waals surface area (Å²) in [6.07, 6.45) is 1.95. The molecular weight excluding hydrogens is 278 g/mol. The minimum atomic E-state index is -0.540. The van der Waals surface area contributed by atoms with Crippen molar-refractivity contribution in [2.45, 2.75) is 39.7 Å². The highest BCUT2D eigenvalue weighted by atomic mass is 16.2. The van der Waals surface area contributed by atoms with Crippen LogP contribution in [0.5, 0.6) is 0 Å². The Bertz CT molecular complexity index is 485. The minimum absolute atomic E-state index is 0.158. The smallest absolute Gasteiger partial charge is 0.251 e. The molecule has 0 unspecified atom stereocenters. The summed E-state index contributed by atoms with van der Waals surface area (Å²) in [7, 11) is 2.03. The lowest BCUT2D eigenvalue weighted by Crippen LogP contribution is -2.45. The second-order valence-electron chi connectivity index (χ2n) is 5.45. The number of anilines is 1. The van der Waals surface area contributed by atoms with Gasteiger partial charge in [0.05, 0.1) is 0 Å². The molecule has 1 aromatic carbocycles. The molecule has 0 spiro atoms. The third-order valence-corrected chi connectivity index (χ3v) is 3.42. The van der Waals surface area contributed by atoms with Gasteiger partial charge in [0, 0.05) is 31.4 Å². The molecule has 0 fully saturated rings. The van der Waals surface area contributed by atoms with Crippen LogP contribution in [-0.4, -0.2) is 38.0 Å². The molecule has 22 heavy (non-hydrogen) atoms. The van der Waals surface area contributed by atoms with E-state index in [-0.39, 0.29) is 11.8 Å². The van der Waals surface area contributed by atoms with Crippen LogP contribution in [-0.2, 0) is 4.79 Å². The molecule has 1 rings (SSSR count). The van der Waals surface area contributed by atoms with E-state index in [1.807, 2.05) is 26.1 Å². The van der Waals surface area contributed by atoms with E-state index in [9.17, 15) is 9.59 Å². The number of nitrogens with zero attached hydrogens (tertiary/aromatic N) is 1. The van der Waals surface area contributed by atoms with E-state index in [0.29, 0.717) is 12.1 Å². The molecular formula is C17H27N3O2. The molecule has 2 N–H and O–H groups in total. The maximum Gasteiger partial charge on any atom is 0.251 e. The highest BCUT2D eigenvalue weighted by Gasteiger charge is 2.16. The maximum absolute atomic E-state index is 12.1. The number of amides is 2. The lowest BCUT2D eigenvalue weighted by molar-refractivity contribution is -0.122. The van der Waals surface area contributed by atoms with Crippen molar-refractivity contribution in [2.24, 2.45) is 0 Å². The van der Waals surface area contributed by atoms with Crippen molar-refractivity contribution in [3.05, 3.63) is 29.8 Å². The van der Waals surface area contributed by atoms with Crippen LogP contribution in [0.15, 0.2) is 24.3 Å². The SMILES string of the molecule is CCCNC(=O)[C@@H](C)NC(=O)c1ccc(N(C)CCC)cc1. The highest BCUT2D eigenvalue weighted by molar-refractivity contribution is 5.97. The van der Waals surface area contributed by atoms with E-state index in [4.69, 9.17) is 0 Å². The molecule has 122 valence electrons. The molecule has 0 saturated carbocycles. The Kier molecular flexibility index (Phi) is 7.43. The quantitative estimate of drug-likeness (QED) is 0.774. The zero-order chi connectivity index (χ0) is 16.5. The number of carbonyl (C=O) groups excluding carboxylic acids is 2. The monoisotopic (exact) mass is 305 g/mol. The van der Waals surface area contributed by atoms with E-state index in [1.54, 1.807) is 19.1 Å². The molecule has 0 saturated heterocycles. The van der Waals surface area contributed by atoms with E-state index in [2.05, 4.69) is 22.5 Å². The van der Waals surface area contributed by atoms with Crippen molar-refractivity contribution in [1.82, 2.24) is 10.6 Å². The van der Waals surface area contributed by atoms with Gasteiger partial charge in [-0.2, -0.15) is 0 Å². The summed E-state index contributed by atoms with van der Waals surface area (Å²) in [5.41, 5.74) is 1.64. The zero-order valence-electron chi connectivity index (χ0n) is 14.0. The fourth-order valence-corrected chi connectivity index (χ4v) is 2.08. The number of benzene rings is 1. The van der Waals surface area contributed by atoms with Gasteiger partial charge in [-0.25, -0.2) is 0 Å². The summed E-state index contributed by atoms with van der Waals surface area (Å²) in [6, 6.07) is 6.88. The Balaban J connectivity index is 2.60. The normalized spacial score (nSPS) is 11.6. The second kappa shape index (κ2) is 9.07. The molecule has 0 aliphatic rings. The first-order valence-corrected chi connectivity index (χ1v) is 7.89. The minimum Gasteiger partial charge on any atom is -0.375 e. The summed E-state index contributed by atoms with van der Waals surface area (Å²) >= 11 is 0. The van der Waals surface area contributed by atoms with Crippen molar-refractivity contribution in [1.29, 1.82) is 0 Å². The van der Waals surface area contributed by atoms with Gasteiger partial charge in [0.1, 0.15) is 6.04 Å². The van der Waals surface area contributed by atoms with Crippen LogP contribution in [0, 0.1) is 0 Å². The number of hydrogen-bond acceptors (Lipinski definition) is 3. The fourth-order valence-electron chi connectivity index (χ4n) is 2.08. The second-order valence-corrected chi connectivity index (χ2v) is 5.45. The number of carbonyl (C=O) groups is 2. The molecule has 2 amide bonds. The van der Waals surface area contributed by atoms with Crippen LogP contribution in [0.3, 0.4) is 0 Å². The third-order valence-electron chi connectivity index (χ3n) is 3.42. The van der Waals surface area contributed by atoms with Crippen LogP contribution in [0.25, 0.3) is 0 Å². The topological polar surface area (TPSA) is 61.4 Å². The van der Waals surface area contributed by atoms with Gasteiger partial charge in [0.25, 0.3) is 5.91 Å². The van der Waals surface area contributed by atoms with Gasteiger partial charge in [-0.1, -0.05) is 13.8 Å². The molecule has 0 bridgehead atoms. The Morgan fingerprint density at radius 3 is 2.32 bits per heavy atom. The van der Waals surface area contributed by atoms with Gasteiger partial charge in [0.2, 0.25) is 5.91 Å². The van der Waals surface area contributed by atoms with E-state index in [0.717, 1.165) is 25.1 Å². The fraction of sp³-hybridized carbons (Fsp3) is 0.529. The summed E-state index contributed by atoms with van der Waals surface area (Å²) in [6.45, 7) is 7.40. The van der Waals surface area contributed by atoms with Gasteiger partial charge in [-0.15, -0.1) is 0 Å². The summed E-state index contributed by atoms with van der Waals surface area (Å²) in [5, 5.41) is 5.48. The van der Waals surface area contributed by atoms with Gasteiger partial charge < -0.3 is 15.5 Å².